The van der Waals surface area contributed by atoms with Gasteiger partial charge in [-0.05, 0) is 29.7 Å². The molecule has 0 amide bonds. The lowest BCUT2D eigenvalue weighted by atomic mass is 9.88. The summed E-state index contributed by atoms with van der Waals surface area (Å²) in [6.07, 6.45) is 1.77. The number of pyridine rings is 2. The summed E-state index contributed by atoms with van der Waals surface area (Å²) in [5, 5.41) is 0. The van der Waals surface area contributed by atoms with Gasteiger partial charge >= 0.3 is 0 Å². The van der Waals surface area contributed by atoms with Crippen molar-refractivity contribution in [1.82, 2.24) is 9.97 Å². The molecule has 4 nitrogen and oxygen atoms in total. The second-order valence-electron chi connectivity index (χ2n) is 6.25. The Kier molecular flexibility index (Phi) is 3.45. The Hall–Kier alpha value is -2.23. The predicted molar refractivity (Wildman–Crippen MR) is 83.2 cm³/mol. The van der Waals surface area contributed by atoms with Crippen LogP contribution in [-0.4, -0.2) is 28.5 Å². The fourth-order valence-electron chi connectivity index (χ4n) is 2.17. The van der Waals surface area contributed by atoms with Gasteiger partial charge in [0.15, 0.2) is 0 Å². The van der Waals surface area contributed by atoms with Gasteiger partial charge in [0, 0.05) is 6.20 Å². The number of rotatable bonds is 2. The van der Waals surface area contributed by atoms with Crippen molar-refractivity contribution in [3.05, 3.63) is 48.3 Å². The van der Waals surface area contributed by atoms with Crippen LogP contribution in [0.1, 0.15) is 26.5 Å². The lowest BCUT2D eigenvalue weighted by Gasteiger charge is -2.21. The van der Waals surface area contributed by atoms with Crippen molar-refractivity contribution in [2.45, 2.75) is 26.8 Å². The Morgan fingerprint density at radius 2 is 1.76 bits per heavy atom. The van der Waals surface area contributed by atoms with Gasteiger partial charge in [0.1, 0.15) is 12.3 Å². The minimum Gasteiger partial charge on any atom is -0.474 e. The van der Waals surface area contributed by atoms with Gasteiger partial charge in [-0.25, -0.2) is 9.98 Å². The number of aliphatic imine (C=N–C) groups is 1. The summed E-state index contributed by atoms with van der Waals surface area (Å²) in [5.41, 5.74) is 2.55. The van der Waals surface area contributed by atoms with E-state index in [1.54, 1.807) is 6.20 Å². The molecule has 21 heavy (non-hydrogen) atoms. The maximum absolute atomic E-state index is 5.74. The van der Waals surface area contributed by atoms with Crippen LogP contribution in [0.5, 0.6) is 0 Å². The molecule has 0 aliphatic carbocycles. The van der Waals surface area contributed by atoms with Crippen molar-refractivity contribution in [3.63, 3.8) is 0 Å². The molecule has 108 valence electrons. The molecule has 0 N–H and O–H groups in total. The molecule has 0 saturated heterocycles. The zero-order valence-corrected chi connectivity index (χ0v) is 12.6. The number of ether oxygens (including phenoxy) is 1. The van der Waals surface area contributed by atoms with Gasteiger partial charge < -0.3 is 4.74 Å². The molecule has 0 aromatic carbocycles. The lowest BCUT2D eigenvalue weighted by Crippen LogP contribution is -2.25. The normalized spacial score (nSPS) is 18.2. The zero-order chi connectivity index (χ0) is 14.9. The highest BCUT2D eigenvalue weighted by atomic mass is 16.5. The molecule has 1 unspecified atom stereocenters. The summed E-state index contributed by atoms with van der Waals surface area (Å²) >= 11 is 0. The van der Waals surface area contributed by atoms with Crippen molar-refractivity contribution < 1.29 is 4.74 Å². The molecule has 0 fully saturated rings. The van der Waals surface area contributed by atoms with Crippen LogP contribution in [0.3, 0.4) is 0 Å². The van der Waals surface area contributed by atoms with Gasteiger partial charge in [-0.15, -0.1) is 0 Å². The Labute approximate surface area is 124 Å². The van der Waals surface area contributed by atoms with E-state index in [1.807, 2.05) is 36.4 Å². The molecule has 0 saturated carbocycles. The molecule has 2 aromatic heterocycles. The van der Waals surface area contributed by atoms with E-state index in [0.717, 1.165) is 17.1 Å². The van der Waals surface area contributed by atoms with E-state index in [0.29, 0.717) is 12.5 Å². The minimum atomic E-state index is 0.0976. The van der Waals surface area contributed by atoms with Crippen molar-refractivity contribution in [2.75, 3.05) is 6.61 Å². The molecular weight excluding hydrogens is 262 g/mol. The average molecular weight is 281 g/mol. The molecule has 0 radical (unpaired) electrons. The Bertz CT molecular complexity index is 659. The molecule has 1 aliphatic rings. The van der Waals surface area contributed by atoms with Gasteiger partial charge in [0.05, 0.1) is 17.4 Å². The van der Waals surface area contributed by atoms with Crippen molar-refractivity contribution in [1.29, 1.82) is 0 Å². The van der Waals surface area contributed by atoms with Crippen molar-refractivity contribution in [3.8, 4) is 11.4 Å². The van der Waals surface area contributed by atoms with Crippen LogP contribution in [0.4, 0.5) is 0 Å². The number of hydrogen-bond donors (Lipinski definition) is 0. The molecular formula is C17H19N3O. The van der Waals surface area contributed by atoms with Gasteiger partial charge in [0.25, 0.3) is 0 Å². The third-order valence-electron chi connectivity index (χ3n) is 3.55. The monoisotopic (exact) mass is 281 g/mol. The molecule has 4 heteroatoms. The average Bonchev–Trinajstić information content (AvgIpc) is 2.98. The fraction of sp³-hybridized carbons (Fsp3) is 0.353. The van der Waals surface area contributed by atoms with Crippen molar-refractivity contribution in [2.24, 2.45) is 10.4 Å². The van der Waals surface area contributed by atoms with Crippen LogP contribution >= 0.6 is 0 Å². The van der Waals surface area contributed by atoms with Crippen LogP contribution in [-0.2, 0) is 4.74 Å². The van der Waals surface area contributed by atoms with Crippen molar-refractivity contribution >= 4 is 5.90 Å². The smallest absolute Gasteiger partial charge is 0.235 e. The molecule has 0 spiro atoms. The molecule has 3 heterocycles. The Morgan fingerprint density at radius 1 is 1.00 bits per heavy atom. The van der Waals surface area contributed by atoms with Gasteiger partial charge in [0.2, 0.25) is 5.90 Å². The number of hydrogen-bond acceptors (Lipinski definition) is 4. The van der Waals surface area contributed by atoms with E-state index < -0.39 is 0 Å². The summed E-state index contributed by atoms with van der Waals surface area (Å²) in [4.78, 5) is 13.6. The first-order valence-electron chi connectivity index (χ1n) is 7.13. The molecule has 0 bridgehead atoms. The minimum absolute atomic E-state index is 0.0976. The van der Waals surface area contributed by atoms with E-state index >= 15 is 0 Å². The van der Waals surface area contributed by atoms with E-state index in [9.17, 15) is 0 Å². The van der Waals surface area contributed by atoms with Crippen LogP contribution in [0.15, 0.2) is 47.6 Å². The first-order valence-corrected chi connectivity index (χ1v) is 7.13. The molecule has 1 atom stereocenters. The van der Waals surface area contributed by atoms with E-state index in [2.05, 4.69) is 35.7 Å². The van der Waals surface area contributed by atoms with Crippen LogP contribution in [0.25, 0.3) is 11.4 Å². The Balaban J connectivity index is 1.91. The lowest BCUT2D eigenvalue weighted by molar-refractivity contribution is 0.235. The van der Waals surface area contributed by atoms with Gasteiger partial charge in [-0.2, -0.15) is 0 Å². The largest absolute Gasteiger partial charge is 0.474 e. The summed E-state index contributed by atoms with van der Waals surface area (Å²) in [6, 6.07) is 11.8. The summed E-state index contributed by atoms with van der Waals surface area (Å²) in [6.45, 7) is 7.13. The highest BCUT2D eigenvalue weighted by Crippen LogP contribution is 2.27. The second-order valence-corrected chi connectivity index (χ2v) is 6.25. The summed E-state index contributed by atoms with van der Waals surface area (Å²) in [5.74, 6) is 0.632. The SMILES string of the molecule is CC(C)(C)C1COC(c2cccc(-c3ccccn3)n2)=N1. The molecule has 1 aliphatic heterocycles. The maximum atomic E-state index is 5.74. The van der Waals surface area contributed by atoms with E-state index in [1.165, 1.54) is 0 Å². The Morgan fingerprint density at radius 3 is 2.43 bits per heavy atom. The number of nitrogens with zero attached hydrogens (tertiary/aromatic N) is 3. The quantitative estimate of drug-likeness (QED) is 0.848. The van der Waals surface area contributed by atoms with Crippen LogP contribution in [0, 0.1) is 5.41 Å². The fourth-order valence-corrected chi connectivity index (χ4v) is 2.17. The molecule has 3 rings (SSSR count). The third-order valence-corrected chi connectivity index (χ3v) is 3.55. The highest BCUT2D eigenvalue weighted by molar-refractivity contribution is 5.93. The van der Waals surface area contributed by atoms with Gasteiger partial charge in [-0.1, -0.05) is 32.9 Å². The first kappa shape index (κ1) is 13.7. The third kappa shape index (κ3) is 2.94. The standard InChI is InChI=1S/C17H19N3O/c1-17(2,3)15-11-21-16(20-15)14-9-6-8-13(19-14)12-7-4-5-10-18-12/h4-10,15H,11H2,1-3H3. The van der Waals surface area contributed by atoms with Crippen LogP contribution in [0.2, 0.25) is 0 Å². The van der Waals surface area contributed by atoms with Gasteiger partial charge in [-0.3, -0.25) is 4.98 Å². The number of aromatic nitrogens is 2. The predicted octanol–water partition coefficient (Wildman–Crippen LogP) is 3.34. The molecule has 2 aromatic rings. The van der Waals surface area contributed by atoms with Crippen LogP contribution < -0.4 is 0 Å². The highest BCUT2D eigenvalue weighted by Gasteiger charge is 2.31. The first-order chi connectivity index (χ1) is 10.0. The van der Waals surface area contributed by atoms with E-state index in [4.69, 9.17) is 4.74 Å². The zero-order valence-electron chi connectivity index (χ0n) is 12.6. The topological polar surface area (TPSA) is 47.4 Å². The summed E-state index contributed by atoms with van der Waals surface area (Å²) < 4.78 is 5.74. The second kappa shape index (κ2) is 5.28. The maximum Gasteiger partial charge on any atom is 0.235 e. The van der Waals surface area contributed by atoms with E-state index in [-0.39, 0.29) is 11.5 Å². The summed E-state index contributed by atoms with van der Waals surface area (Å²) in [7, 11) is 0.